The Morgan fingerprint density at radius 3 is 2.06 bits per heavy atom. The first-order chi connectivity index (χ1) is 8.24. The lowest BCUT2D eigenvalue weighted by Crippen LogP contribution is -2.37. The van der Waals surface area contributed by atoms with E-state index in [4.69, 9.17) is 0 Å². The Labute approximate surface area is 105 Å². The van der Waals surface area contributed by atoms with Crippen molar-refractivity contribution in [1.29, 1.82) is 0 Å². The SMILES string of the molecule is C/C=C/N(/C=C/C)CCCNS(=O)(=O)C(F)(F)F. The second-order valence-corrected chi connectivity index (χ2v) is 5.16. The summed E-state index contributed by atoms with van der Waals surface area (Å²) in [6, 6.07) is 0. The van der Waals surface area contributed by atoms with Crippen LogP contribution in [0.2, 0.25) is 0 Å². The highest BCUT2D eigenvalue weighted by atomic mass is 32.2. The predicted octanol–water partition coefficient (Wildman–Crippen LogP) is 2.18. The van der Waals surface area contributed by atoms with Gasteiger partial charge in [-0.25, -0.2) is 13.1 Å². The van der Waals surface area contributed by atoms with Crippen LogP contribution in [-0.4, -0.2) is 31.9 Å². The van der Waals surface area contributed by atoms with Crippen molar-refractivity contribution in [3.63, 3.8) is 0 Å². The van der Waals surface area contributed by atoms with Crippen molar-refractivity contribution in [2.45, 2.75) is 25.8 Å². The minimum atomic E-state index is -5.25. The van der Waals surface area contributed by atoms with Crippen LogP contribution in [0.15, 0.2) is 24.6 Å². The molecule has 0 fully saturated rings. The van der Waals surface area contributed by atoms with Crippen LogP contribution in [0.25, 0.3) is 0 Å². The predicted molar refractivity (Wildman–Crippen MR) is 63.9 cm³/mol. The molecule has 0 heterocycles. The van der Waals surface area contributed by atoms with Crippen LogP contribution >= 0.6 is 0 Å². The van der Waals surface area contributed by atoms with Gasteiger partial charge in [0.2, 0.25) is 0 Å². The van der Waals surface area contributed by atoms with Crippen LogP contribution in [0.3, 0.4) is 0 Å². The first-order valence-electron chi connectivity index (χ1n) is 5.32. The molecule has 0 amide bonds. The van der Waals surface area contributed by atoms with E-state index in [1.54, 1.807) is 29.5 Å². The Balaban J connectivity index is 4.14. The van der Waals surface area contributed by atoms with Crippen molar-refractivity contribution in [2.24, 2.45) is 0 Å². The van der Waals surface area contributed by atoms with Gasteiger partial charge in [0.05, 0.1) is 0 Å². The summed E-state index contributed by atoms with van der Waals surface area (Å²) in [7, 11) is -5.22. The number of rotatable bonds is 7. The molecule has 0 atom stereocenters. The fourth-order valence-corrected chi connectivity index (χ4v) is 1.71. The summed E-state index contributed by atoms with van der Waals surface area (Å²) in [6.45, 7) is 3.79. The van der Waals surface area contributed by atoms with Crippen LogP contribution in [-0.2, 0) is 10.0 Å². The fourth-order valence-electron chi connectivity index (χ4n) is 1.13. The minimum absolute atomic E-state index is 0.256. The lowest BCUT2D eigenvalue weighted by molar-refractivity contribution is -0.0447. The molecule has 0 saturated carbocycles. The third-order valence-corrected chi connectivity index (χ3v) is 3.06. The van der Waals surface area contributed by atoms with Crippen LogP contribution in [0.4, 0.5) is 13.2 Å². The van der Waals surface area contributed by atoms with Gasteiger partial charge in [-0.1, -0.05) is 12.2 Å². The van der Waals surface area contributed by atoms with Crippen molar-refractivity contribution in [2.75, 3.05) is 13.1 Å². The standard InChI is InChI=1S/C10H17F3N2O2S/c1-3-7-15(8-4-2)9-5-6-14-18(16,17)10(11,12)13/h3-4,7-8,14H,5-6,9H2,1-2H3/b7-3+,8-4+. The Kier molecular flexibility index (Phi) is 7.00. The van der Waals surface area contributed by atoms with Gasteiger partial charge >= 0.3 is 15.5 Å². The van der Waals surface area contributed by atoms with Crippen LogP contribution in [0.5, 0.6) is 0 Å². The van der Waals surface area contributed by atoms with E-state index in [0.29, 0.717) is 6.54 Å². The minimum Gasteiger partial charge on any atom is -0.355 e. The van der Waals surface area contributed by atoms with Crippen LogP contribution in [0, 0.1) is 0 Å². The molecule has 0 aromatic rings. The van der Waals surface area contributed by atoms with E-state index in [-0.39, 0.29) is 13.0 Å². The highest BCUT2D eigenvalue weighted by Crippen LogP contribution is 2.21. The molecule has 8 heteroatoms. The number of nitrogens with zero attached hydrogens (tertiary/aromatic N) is 1. The second kappa shape index (κ2) is 7.42. The van der Waals surface area contributed by atoms with Crippen LogP contribution in [0.1, 0.15) is 20.3 Å². The summed E-state index contributed by atoms with van der Waals surface area (Å²) < 4.78 is 58.8. The van der Waals surface area contributed by atoms with Gasteiger partial charge in [-0.2, -0.15) is 13.2 Å². The summed E-state index contributed by atoms with van der Waals surface area (Å²) in [5, 5.41) is 0. The molecular formula is C10H17F3N2O2S. The van der Waals surface area contributed by atoms with Gasteiger partial charge in [0, 0.05) is 13.1 Å². The maximum Gasteiger partial charge on any atom is 0.511 e. The number of halogens is 3. The molecule has 0 spiro atoms. The summed E-state index contributed by atoms with van der Waals surface area (Å²) in [5.74, 6) is 0. The Morgan fingerprint density at radius 1 is 1.17 bits per heavy atom. The quantitative estimate of drug-likeness (QED) is 0.730. The van der Waals surface area contributed by atoms with Gasteiger partial charge < -0.3 is 4.90 Å². The first-order valence-corrected chi connectivity index (χ1v) is 6.80. The third kappa shape index (κ3) is 6.06. The van der Waals surface area contributed by atoms with Crippen molar-refractivity contribution in [1.82, 2.24) is 9.62 Å². The number of sulfonamides is 1. The zero-order valence-corrected chi connectivity index (χ0v) is 11.1. The smallest absolute Gasteiger partial charge is 0.355 e. The van der Waals surface area contributed by atoms with E-state index >= 15 is 0 Å². The lowest BCUT2D eigenvalue weighted by atomic mass is 10.4. The van der Waals surface area contributed by atoms with Crippen molar-refractivity contribution in [3.8, 4) is 0 Å². The Hall–Kier alpha value is -1.02. The molecule has 0 aliphatic rings. The van der Waals surface area contributed by atoms with Crippen molar-refractivity contribution in [3.05, 3.63) is 24.6 Å². The molecule has 0 aromatic carbocycles. The maximum absolute atomic E-state index is 12.0. The van der Waals surface area contributed by atoms with Gasteiger partial charge in [0.15, 0.2) is 0 Å². The molecule has 0 aliphatic carbocycles. The number of alkyl halides is 3. The Bertz CT molecular complexity index is 376. The van der Waals surface area contributed by atoms with Gasteiger partial charge in [-0.3, -0.25) is 0 Å². The number of hydrogen-bond acceptors (Lipinski definition) is 3. The molecule has 106 valence electrons. The number of nitrogens with one attached hydrogen (secondary N) is 1. The van der Waals surface area contributed by atoms with E-state index < -0.39 is 15.5 Å². The third-order valence-electron chi connectivity index (χ3n) is 1.87. The summed E-state index contributed by atoms with van der Waals surface area (Å²) >= 11 is 0. The maximum atomic E-state index is 12.0. The van der Waals surface area contributed by atoms with Gasteiger partial charge in [-0.15, -0.1) is 0 Å². The highest BCUT2D eigenvalue weighted by molar-refractivity contribution is 7.90. The largest absolute Gasteiger partial charge is 0.511 e. The molecule has 0 aromatic heterocycles. The fraction of sp³-hybridized carbons (Fsp3) is 0.600. The van der Waals surface area contributed by atoms with E-state index in [2.05, 4.69) is 0 Å². The molecular weight excluding hydrogens is 269 g/mol. The second-order valence-electron chi connectivity index (χ2n) is 3.40. The number of hydrogen-bond donors (Lipinski definition) is 1. The van der Waals surface area contributed by atoms with E-state index in [1.165, 1.54) is 4.72 Å². The average Bonchev–Trinajstić information content (AvgIpc) is 2.23. The molecule has 4 nitrogen and oxygen atoms in total. The van der Waals surface area contributed by atoms with Gasteiger partial charge in [-0.05, 0) is 32.7 Å². The van der Waals surface area contributed by atoms with Gasteiger partial charge in [0.25, 0.3) is 0 Å². The van der Waals surface area contributed by atoms with E-state index in [1.807, 2.05) is 13.8 Å². The normalized spacial score (nSPS) is 13.6. The molecule has 0 rings (SSSR count). The molecule has 0 aliphatic heterocycles. The van der Waals surface area contributed by atoms with Gasteiger partial charge in [0.1, 0.15) is 0 Å². The van der Waals surface area contributed by atoms with E-state index in [9.17, 15) is 21.6 Å². The molecule has 0 bridgehead atoms. The molecule has 0 unspecified atom stereocenters. The first kappa shape index (κ1) is 17.0. The molecule has 18 heavy (non-hydrogen) atoms. The number of allylic oxidation sites excluding steroid dienone is 2. The lowest BCUT2D eigenvalue weighted by Gasteiger charge is -2.15. The molecule has 0 saturated heterocycles. The zero-order chi connectivity index (χ0) is 14.2. The zero-order valence-electron chi connectivity index (χ0n) is 10.2. The molecule has 1 N–H and O–H groups in total. The molecule has 0 radical (unpaired) electrons. The summed E-state index contributed by atoms with van der Waals surface area (Å²) in [6.07, 6.45) is 7.32. The van der Waals surface area contributed by atoms with Crippen molar-refractivity contribution < 1.29 is 21.6 Å². The Morgan fingerprint density at radius 2 is 1.67 bits per heavy atom. The highest BCUT2D eigenvalue weighted by Gasteiger charge is 2.45. The average molecular weight is 286 g/mol. The van der Waals surface area contributed by atoms with Crippen LogP contribution < -0.4 is 4.72 Å². The summed E-state index contributed by atoms with van der Waals surface area (Å²) in [4.78, 5) is 1.75. The monoisotopic (exact) mass is 286 g/mol. The van der Waals surface area contributed by atoms with Crippen molar-refractivity contribution >= 4 is 10.0 Å². The van der Waals surface area contributed by atoms with E-state index in [0.717, 1.165) is 0 Å². The topological polar surface area (TPSA) is 49.4 Å². The summed E-state index contributed by atoms with van der Waals surface area (Å²) in [5.41, 5.74) is -5.25.